The van der Waals surface area contributed by atoms with Gasteiger partial charge in [-0.05, 0) is 79.8 Å². The van der Waals surface area contributed by atoms with Gasteiger partial charge >= 0.3 is 6.03 Å². The van der Waals surface area contributed by atoms with Gasteiger partial charge in [0.2, 0.25) is 0 Å². The number of hydrogen-bond acceptors (Lipinski definition) is 2. The Hall–Kier alpha value is -4.58. The van der Waals surface area contributed by atoms with Gasteiger partial charge in [0.25, 0.3) is 0 Å². The molecule has 0 spiro atoms. The van der Waals surface area contributed by atoms with Gasteiger partial charge in [-0.25, -0.2) is 9.48 Å². The molecule has 0 unspecified atom stereocenters. The molecule has 5 aromatic rings. The number of aromatic nitrogens is 3. The van der Waals surface area contributed by atoms with Crippen molar-refractivity contribution in [1.82, 2.24) is 19.2 Å². The van der Waals surface area contributed by atoms with E-state index >= 15 is 0 Å². The zero-order valence-electron chi connectivity index (χ0n) is 22.8. The van der Waals surface area contributed by atoms with Gasteiger partial charge < -0.3 is 14.8 Å². The van der Waals surface area contributed by atoms with Crippen LogP contribution in [0.4, 0.5) is 10.5 Å². The van der Waals surface area contributed by atoms with Crippen LogP contribution >= 0.6 is 0 Å². The zero-order chi connectivity index (χ0) is 27.1. The Morgan fingerprint density at radius 3 is 2.46 bits per heavy atom. The van der Waals surface area contributed by atoms with E-state index in [0.29, 0.717) is 6.54 Å². The predicted octanol–water partition coefficient (Wildman–Crippen LogP) is 7.29. The Labute approximate surface area is 229 Å². The molecule has 196 valence electrons. The molecule has 6 rings (SSSR count). The fourth-order valence-electron chi connectivity index (χ4n) is 5.49. The number of anilines is 1. The molecule has 3 heterocycles. The lowest BCUT2D eigenvalue weighted by molar-refractivity contribution is 0.194. The highest BCUT2D eigenvalue weighted by Gasteiger charge is 2.36. The Kier molecular flexibility index (Phi) is 6.31. The first-order valence-corrected chi connectivity index (χ1v) is 13.5. The molecule has 0 fully saturated rings. The lowest BCUT2D eigenvalue weighted by Gasteiger charge is -2.31. The first kappa shape index (κ1) is 24.7. The molecule has 2 amide bonds. The minimum atomic E-state index is -0.285. The molecule has 39 heavy (non-hydrogen) atoms. The van der Waals surface area contributed by atoms with E-state index in [1.807, 2.05) is 60.7 Å². The summed E-state index contributed by atoms with van der Waals surface area (Å²) < 4.78 is 4.20. The molecule has 0 bridgehead atoms. The van der Waals surface area contributed by atoms with Crippen molar-refractivity contribution in [3.05, 3.63) is 130 Å². The standard InChI is InChI=1S/C33H33N5O/c1-5-25-15-17-26(18-16-25)31-30-12-9-19-36(30)32-28(24(4)35-38(32)27-10-7-6-8-11-27)21-37(31)33(39)34-29-20-22(2)13-14-23(29)3/h6-20,31H,5,21H2,1-4H3,(H,34,39)/t31-/m0/s1. The van der Waals surface area contributed by atoms with Crippen molar-refractivity contribution in [2.45, 2.75) is 46.7 Å². The van der Waals surface area contributed by atoms with E-state index in [0.717, 1.165) is 57.3 Å². The van der Waals surface area contributed by atoms with Crippen LogP contribution in [0.3, 0.4) is 0 Å². The van der Waals surface area contributed by atoms with Crippen molar-refractivity contribution in [2.75, 3.05) is 5.32 Å². The van der Waals surface area contributed by atoms with Crippen molar-refractivity contribution in [3.63, 3.8) is 0 Å². The quantitative estimate of drug-likeness (QED) is 0.273. The predicted molar refractivity (Wildman–Crippen MR) is 156 cm³/mol. The molecule has 1 aliphatic heterocycles. The Morgan fingerprint density at radius 1 is 0.949 bits per heavy atom. The molecule has 1 N–H and O–H groups in total. The second kappa shape index (κ2) is 9.95. The topological polar surface area (TPSA) is 55.1 Å². The third-order valence-corrected chi connectivity index (χ3v) is 7.69. The van der Waals surface area contributed by atoms with Gasteiger partial charge in [-0.1, -0.05) is 61.5 Å². The highest BCUT2D eigenvalue weighted by atomic mass is 16.2. The van der Waals surface area contributed by atoms with Gasteiger partial charge in [0.15, 0.2) is 0 Å². The summed E-state index contributed by atoms with van der Waals surface area (Å²) in [5.74, 6) is 0.968. The first-order valence-electron chi connectivity index (χ1n) is 13.5. The van der Waals surface area contributed by atoms with Crippen molar-refractivity contribution in [3.8, 4) is 11.5 Å². The number of amides is 2. The molecule has 1 atom stereocenters. The van der Waals surface area contributed by atoms with Crippen LogP contribution in [-0.2, 0) is 13.0 Å². The number of rotatable bonds is 4. The summed E-state index contributed by atoms with van der Waals surface area (Å²) in [6.45, 7) is 8.67. The van der Waals surface area contributed by atoms with E-state index in [1.165, 1.54) is 5.56 Å². The van der Waals surface area contributed by atoms with Crippen molar-refractivity contribution >= 4 is 11.7 Å². The van der Waals surface area contributed by atoms with Crippen LogP contribution in [-0.4, -0.2) is 25.3 Å². The molecule has 0 saturated carbocycles. The minimum Gasteiger partial charge on any atom is -0.308 e. The second-order valence-electron chi connectivity index (χ2n) is 10.3. The number of benzene rings is 3. The number of urea groups is 1. The van der Waals surface area contributed by atoms with Crippen molar-refractivity contribution in [1.29, 1.82) is 0 Å². The number of carbonyl (C=O) groups is 1. The number of nitrogens with one attached hydrogen (secondary N) is 1. The van der Waals surface area contributed by atoms with Crippen LogP contribution in [0.5, 0.6) is 0 Å². The molecule has 0 aliphatic carbocycles. The average molecular weight is 516 g/mol. The van der Waals surface area contributed by atoms with Gasteiger partial charge in [-0.15, -0.1) is 0 Å². The van der Waals surface area contributed by atoms with E-state index in [2.05, 4.69) is 77.6 Å². The van der Waals surface area contributed by atoms with E-state index in [4.69, 9.17) is 5.10 Å². The van der Waals surface area contributed by atoms with E-state index < -0.39 is 0 Å². The monoisotopic (exact) mass is 515 g/mol. The van der Waals surface area contributed by atoms with Crippen molar-refractivity contribution < 1.29 is 4.79 Å². The average Bonchev–Trinajstić information content (AvgIpc) is 3.51. The zero-order valence-corrected chi connectivity index (χ0v) is 22.8. The fourth-order valence-corrected chi connectivity index (χ4v) is 5.49. The summed E-state index contributed by atoms with van der Waals surface area (Å²) in [5.41, 5.74) is 9.25. The van der Waals surface area contributed by atoms with Gasteiger partial charge in [0.1, 0.15) is 5.82 Å². The maximum Gasteiger partial charge on any atom is 0.322 e. The maximum atomic E-state index is 14.2. The van der Waals surface area contributed by atoms with Crippen LogP contribution in [0.1, 0.15) is 52.2 Å². The van der Waals surface area contributed by atoms with Crippen molar-refractivity contribution in [2.24, 2.45) is 0 Å². The van der Waals surface area contributed by atoms with E-state index in [9.17, 15) is 4.79 Å². The number of hydrogen-bond donors (Lipinski definition) is 1. The lowest BCUT2D eigenvalue weighted by Crippen LogP contribution is -2.38. The SMILES string of the molecule is CCc1ccc([C@H]2c3cccn3-c3c(c(C)nn3-c3ccccc3)CN2C(=O)Nc2cc(C)ccc2C)cc1. The highest BCUT2D eigenvalue weighted by Crippen LogP contribution is 2.39. The van der Waals surface area contributed by atoms with Gasteiger partial charge in [0, 0.05) is 17.4 Å². The van der Waals surface area contributed by atoms with Gasteiger partial charge in [-0.2, -0.15) is 5.10 Å². The third kappa shape index (κ3) is 4.42. The van der Waals surface area contributed by atoms with E-state index in [1.54, 1.807) is 0 Å². The summed E-state index contributed by atoms with van der Waals surface area (Å²) in [6.07, 6.45) is 3.05. The largest absolute Gasteiger partial charge is 0.322 e. The minimum absolute atomic E-state index is 0.138. The third-order valence-electron chi connectivity index (χ3n) is 7.69. The van der Waals surface area contributed by atoms with Crippen LogP contribution in [0.2, 0.25) is 0 Å². The second-order valence-corrected chi connectivity index (χ2v) is 10.3. The molecule has 3 aromatic carbocycles. The van der Waals surface area contributed by atoms with E-state index in [-0.39, 0.29) is 12.1 Å². The number of carbonyl (C=O) groups excluding carboxylic acids is 1. The molecule has 2 aromatic heterocycles. The Bertz CT molecular complexity index is 1650. The molecule has 6 nitrogen and oxygen atoms in total. The number of nitrogens with zero attached hydrogens (tertiary/aromatic N) is 4. The smallest absolute Gasteiger partial charge is 0.308 e. The molecule has 0 saturated heterocycles. The molecular weight excluding hydrogens is 482 g/mol. The Morgan fingerprint density at radius 2 is 1.72 bits per heavy atom. The molecular formula is C33H33N5O. The summed E-state index contributed by atoms with van der Waals surface area (Å²) in [5, 5.41) is 8.18. The van der Waals surface area contributed by atoms with Gasteiger partial charge in [-0.3, -0.25) is 0 Å². The summed E-state index contributed by atoms with van der Waals surface area (Å²) in [4.78, 5) is 16.1. The summed E-state index contributed by atoms with van der Waals surface area (Å²) >= 11 is 0. The Balaban J connectivity index is 1.53. The van der Waals surface area contributed by atoms with Gasteiger partial charge in [0.05, 0.1) is 29.7 Å². The molecule has 6 heteroatoms. The van der Waals surface area contributed by atoms with Crippen LogP contribution in [0.15, 0.2) is 91.1 Å². The maximum absolute atomic E-state index is 14.2. The van der Waals surface area contributed by atoms with Crippen LogP contribution in [0.25, 0.3) is 11.5 Å². The van der Waals surface area contributed by atoms with Crippen LogP contribution < -0.4 is 5.32 Å². The summed E-state index contributed by atoms with van der Waals surface area (Å²) in [7, 11) is 0. The number of fused-ring (bicyclic) bond motifs is 3. The first-order chi connectivity index (χ1) is 18.9. The number of para-hydroxylation sites is 1. The summed E-state index contributed by atoms with van der Waals surface area (Å²) in [6, 6.07) is 28.7. The number of aryl methyl sites for hydroxylation is 4. The highest BCUT2D eigenvalue weighted by molar-refractivity contribution is 5.91. The lowest BCUT2D eigenvalue weighted by atomic mass is 9.99. The fraction of sp³-hybridized carbons (Fsp3) is 0.212. The molecule has 0 radical (unpaired) electrons. The normalized spacial score (nSPS) is 14.5. The molecule has 1 aliphatic rings. The van der Waals surface area contributed by atoms with Crippen LogP contribution in [0, 0.1) is 20.8 Å².